The normalized spacial score (nSPS) is 10.4. The minimum atomic E-state index is -0.444. The molecule has 0 saturated heterocycles. The summed E-state index contributed by atoms with van der Waals surface area (Å²) in [5, 5.41) is 0. The first-order valence-electron chi connectivity index (χ1n) is 4.69. The maximum atomic E-state index is 11.2. The summed E-state index contributed by atoms with van der Waals surface area (Å²) in [6.45, 7) is 1.82. The fraction of sp³-hybridized carbons (Fsp3) is 0.0909. The minimum Gasteiger partial charge on any atom is -0.366 e. The number of hydrogen-bond donors (Lipinski definition) is 2. The molecule has 3 N–H and O–H groups in total. The zero-order chi connectivity index (χ0) is 11.7. The van der Waals surface area contributed by atoms with Crippen molar-refractivity contribution >= 4 is 21.8 Å². The summed E-state index contributed by atoms with van der Waals surface area (Å²) in [4.78, 5) is 18.3. The third-order valence-corrected chi connectivity index (χ3v) is 3.13. The Morgan fingerprint density at radius 2 is 2.06 bits per heavy atom. The lowest BCUT2D eigenvalue weighted by Crippen LogP contribution is -2.11. The Labute approximate surface area is 101 Å². The molecule has 2 rings (SSSR count). The average Bonchev–Trinajstić information content (AvgIpc) is 2.55. The number of pyridine rings is 1. The van der Waals surface area contributed by atoms with E-state index >= 15 is 0 Å². The monoisotopic (exact) mass is 279 g/mol. The van der Waals surface area contributed by atoms with Gasteiger partial charge in [0.05, 0.1) is 15.7 Å². The van der Waals surface area contributed by atoms with Crippen molar-refractivity contribution in [3.8, 4) is 11.3 Å². The largest absolute Gasteiger partial charge is 0.366 e. The minimum absolute atomic E-state index is 0.444. The predicted octanol–water partition coefficient (Wildman–Crippen LogP) is 2.25. The molecule has 0 aliphatic carbocycles. The summed E-state index contributed by atoms with van der Waals surface area (Å²) < 4.78 is 0.698. The number of nitrogens with one attached hydrogen (secondary N) is 1. The van der Waals surface area contributed by atoms with Crippen LogP contribution in [0.3, 0.4) is 0 Å². The molecule has 0 aliphatic heterocycles. The number of aromatic nitrogens is 2. The van der Waals surface area contributed by atoms with Gasteiger partial charge in [0.15, 0.2) is 0 Å². The molecule has 2 aromatic rings. The van der Waals surface area contributed by atoms with Crippen LogP contribution in [0.15, 0.2) is 29.0 Å². The van der Waals surface area contributed by atoms with E-state index < -0.39 is 5.91 Å². The third kappa shape index (κ3) is 1.74. The standard InChI is InChI=1S/C11H10BrN3O/c1-6-8(11(13)16)9(12)10(15-6)7-2-4-14-5-3-7/h2-5,15H,1H3,(H2,13,16). The Bertz CT molecular complexity index is 534. The second-order valence-corrected chi connectivity index (χ2v) is 4.21. The Morgan fingerprint density at radius 1 is 1.44 bits per heavy atom. The highest BCUT2D eigenvalue weighted by Crippen LogP contribution is 2.32. The molecule has 0 spiro atoms. The van der Waals surface area contributed by atoms with Crippen LogP contribution in [0.25, 0.3) is 11.3 Å². The van der Waals surface area contributed by atoms with Crippen molar-refractivity contribution < 1.29 is 4.79 Å². The molecular formula is C11H10BrN3O. The molecule has 0 aliphatic rings. The van der Waals surface area contributed by atoms with Crippen molar-refractivity contribution in [2.45, 2.75) is 6.92 Å². The van der Waals surface area contributed by atoms with Crippen LogP contribution < -0.4 is 5.73 Å². The van der Waals surface area contributed by atoms with Gasteiger partial charge in [0.2, 0.25) is 0 Å². The van der Waals surface area contributed by atoms with Gasteiger partial charge >= 0.3 is 0 Å². The number of rotatable bonds is 2. The zero-order valence-electron chi connectivity index (χ0n) is 8.62. The van der Waals surface area contributed by atoms with Gasteiger partial charge in [-0.05, 0) is 35.0 Å². The van der Waals surface area contributed by atoms with Gasteiger partial charge in [0.25, 0.3) is 5.91 Å². The maximum absolute atomic E-state index is 11.2. The van der Waals surface area contributed by atoms with Crippen molar-refractivity contribution in [2.75, 3.05) is 0 Å². The summed E-state index contributed by atoms with van der Waals surface area (Å²) in [6, 6.07) is 3.72. The smallest absolute Gasteiger partial charge is 0.251 e. The quantitative estimate of drug-likeness (QED) is 0.885. The van der Waals surface area contributed by atoms with Crippen LogP contribution in [-0.4, -0.2) is 15.9 Å². The number of carbonyl (C=O) groups is 1. The molecule has 2 aromatic heterocycles. The van der Waals surface area contributed by atoms with Crippen LogP contribution in [0.4, 0.5) is 0 Å². The summed E-state index contributed by atoms with van der Waals surface area (Å²) in [5.74, 6) is -0.444. The van der Waals surface area contributed by atoms with E-state index in [1.807, 2.05) is 19.1 Å². The number of halogens is 1. The number of H-pyrrole nitrogens is 1. The molecule has 0 unspecified atom stereocenters. The van der Waals surface area contributed by atoms with Crippen LogP contribution in [-0.2, 0) is 0 Å². The highest BCUT2D eigenvalue weighted by molar-refractivity contribution is 9.10. The van der Waals surface area contributed by atoms with Gasteiger partial charge in [0.1, 0.15) is 0 Å². The van der Waals surface area contributed by atoms with E-state index in [9.17, 15) is 4.79 Å². The summed E-state index contributed by atoms with van der Waals surface area (Å²) >= 11 is 3.39. The Kier molecular flexibility index (Phi) is 2.78. The molecule has 4 nitrogen and oxygen atoms in total. The van der Waals surface area contributed by atoms with Crippen molar-refractivity contribution in [3.63, 3.8) is 0 Å². The molecule has 1 amide bonds. The first-order chi connectivity index (χ1) is 7.61. The summed E-state index contributed by atoms with van der Waals surface area (Å²) in [7, 11) is 0. The van der Waals surface area contributed by atoms with Crippen LogP contribution >= 0.6 is 15.9 Å². The van der Waals surface area contributed by atoms with Crippen molar-refractivity contribution in [1.29, 1.82) is 0 Å². The highest BCUT2D eigenvalue weighted by atomic mass is 79.9. The van der Waals surface area contributed by atoms with Gasteiger partial charge in [-0.25, -0.2) is 0 Å². The fourth-order valence-electron chi connectivity index (χ4n) is 1.60. The molecule has 0 atom stereocenters. The van der Waals surface area contributed by atoms with E-state index in [1.165, 1.54) is 0 Å². The number of primary amides is 1. The van der Waals surface area contributed by atoms with E-state index in [2.05, 4.69) is 25.9 Å². The van der Waals surface area contributed by atoms with E-state index in [1.54, 1.807) is 12.4 Å². The second-order valence-electron chi connectivity index (χ2n) is 3.41. The first-order valence-corrected chi connectivity index (χ1v) is 5.49. The number of carbonyl (C=O) groups excluding carboxylic acids is 1. The molecule has 0 bridgehead atoms. The summed E-state index contributed by atoms with van der Waals surface area (Å²) in [6.07, 6.45) is 3.39. The van der Waals surface area contributed by atoms with Crippen LogP contribution in [0.2, 0.25) is 0 Å². The number of nitrogens with zero attached hydrogens (tertiary/aromatic N) is 1. The molecule has 0 saturated carbocycles. The van der Waals surface area contributed by atoms with E-state index in [-0.39, 0.29) is 0 Å². The Balaban J connectivity index is 2.61. The van der Waals surface area contributed by atoms with Gasteiger partial charge in [0, 0.05) is 23.7 Å². The topological polar surface area (TPSA) is 71.8 Å². The fourth-order valence-corrected chi connectivity index (χ4v) is 2.43. The lowest BCUT2D eigenvalue weighted by atomic mass is 10.2. The second kappa shape index (κ2) is 4.09. The van der Waals surface area contributed by atoms with Gasteiger partial charge in [-0.15, -0.1) is 0 Å². The molecule has 5 heteroatoms. The van der Waals surface area contributed by atoms with Crippen LogP contribution in [0, 0.1) is 6.92 Å². The number of aryl methyl sites for hydroxylation is 1. The molecule has 82 valence electrons. The number of aromatic amines is 1. The predicted molar refractivity (Wildman–Crippen MR) is 65.0 cm³/mol. The number of hydrogen-bond acceptors (Lipinski definition) is 2. The Morgan fingerprint density at radius 3 is 2.56 bits per heavy atom. The average molecular weight is 280 g/mol. The highest BCUT2D eigenvalue weighted by Gasteiger charge is 2.17. The van der Waals surface area contributed by atoms with Gasteiger partial charge in [-0.1, -0.05) is 0 Å². The van der Waals surface area contributed by atoms with Crippen LogP contribution in [0.5, 0.6) is 0 Å². The Hall–Kier alpha value is -1.62. The zero-order valence-corrected chi connectivity index (χ0v) is 10.2. The molecule has 2 heterocycles. The van der Waals surface area contributed by atoms with Crippen molar-refractivity contribution in [3.05, 3.63) is 40.3 Å². The molecule has 16 heavy (non-hydrogen) atoms. The number of amides is 1. The van der Waals surface area contributed by atoms with E-state index in [0.717, 1.165) is 17.0 Å². The van der Waals surface area contributed by atoms with E-state index in [4.69, 9.17) is 5.73 Å². The lowest BCUT2D eigenvalue weighted by molar-refractivity contribution is 0.0999. The molecule has 0 radical (unpaired) electrons. The number of nitrogens with two attached hydrogens (primary N) is 1. The van der Waals surface area contributed by atoms with Crippen molar-refractivity contribution in [2.24, 2.45) is 5.73 Å². The first kappa shape index (κ1) is 10.9. The third-order valence-electron chi connectivity index (χ3n) is 2.34. The SMILES string of the molecule is Cc1[nH]c(-c2ccncc2)c(Br)c1C(N)=O. The van der Waals surface area contributed by atoms with Gasteiger partial charge < -0.3 is 10.7 Å². The molecular weight excluding hydrogens is 270 g/mol. The maximum Gasteiger partial charge on any atom is 0.251 e. The molecule has 0 aromatic carbocycles. The van der Waals surface area contributed by atoms with Crippen LogP contribution in [0.1, 0.15) is 16.1 Å². The van der Waals surface area contributed by atoms with E-state index in [0.29, 0.717) is 10.0 Å². The molecule has 0 fully saturated rings. The lowest BCUT2D eigenvalue weighted by Gasteiger charge is -1.98. The van der Waals surface area contributed by atoms with Crippen molar-refractivity contribution in [1.82, 2.24) is 9.97 Å². The van der Waals surface area contributed by atoms with Gasteiger partial charge in [-0.3, -0.25) is 9.78 Å². The summed E-state index contributed by atoms with van der Waals surface area (Å²) in [5.41, 5.74) is 8.35. The van der Waals surface area contributed by atoms with Gasteiger partial charge in [-0.2, -0.15) is 0 Å².